The molecule has 5 heteroatoms. The molecule has 0 saturated heterocycles. The van der Waals surface area contributed by atoms with Crippen molar-refractivity contribution >= 4 is 39.7 Å². The van der Waals surface area contributed by atoms with E-state index < -0.39 is 0 Å². The van der Waals surface area contributed by atoms with Crippen molar-refractivity contribution in [2.45, 2.75) is 49.5 Å². The van der Waals surface area contributed by atoms with Crippen LogP contribution in [0.25, 0.3) is 22.0 Å². The summed E-state index contributed by atoms with van der Waals surface area (Å²) in [5.41, 5.74) is 5.19. The van der Waals surface area contributed by atoms with Crippen LogP contribution < -0.4 is 0 Å². The Kier molecular flexibility index (Phi) is 4.47. The minimum atomic E-state index is -0.227. The zero-order valence-corrected chi connectivity index (χ0v) is 16.7. The molecule has 1 atom stereocenters. The standard InChI is InChI=1S/C23H22N2O2S/c1-2-21(28-23-24-17-11-5-8-14-20(17)27-23)22(26)25-18-12-6-3-9-15(18)16-10-4-7-13-19(16)25/h3,5-6,8-9,11-12,14,21H,2,4,7,10,13H2,1H3. The van der Waals surface area contributed by atoms with Gasteiger partial charge in [0.25, 0.3) is 5.22 Å². The number of hydrogen-bond acceptors (Lipinski definition) is 4. The van der Waals surface area contributed by atoms with Crippen molar-refractivity contribution in [1.82, 2.24) is 9.55 Å². The molecule has 1 aliphatic carbocycles. The molecule has 0 fully saturated rings. The van der Waals surface area contributed by atoms with Crippen LogP contribution in [0.2, 0.25) is 0 Å². The lowest BCUT2D eigenvalue weighted by atomic mass is 9.95. The zero-order chi connectivity index (χ0) is 19.1. The van der Waals surface area contributed by atoms with Crippen LogP contribution in [0.3, 0.4) is 0 Å². The topological polar surface area (TPSA) is 48.0 Å². The number of benzene rings is 2. The predicted octanol–water partition coefficient (Wildman–Crippen LogP) is 5.87. The van der Waals surface area contributed by atoms with Crippen molar-refractivity contribution in [3.63, 3.8) is 0 Å². The van der Waals surface area contributed by atoms with Crippen LogP contribution in [-0.2, 0) is 12.8 Å². The average molecular weight is 391 g/mol. The summed E-state index contributed by atoms with van der Waals surface area (Å²) >= 11 is 1.43. The van der Waals surface area contributed by atoms with Gasteiger partial charge in [-0.05, 0) is 55.9 Å². The first-order chi connectivity index (χ1) is 13.8. The molecule has 2 aromatic carbocycles. The first-order valence-corrected chi connectivity index (χ1v) is 10.8. The molecule has 2 heterocycles. The number of fused-ring (bicyclic) bond motifs is 4. The molecule has 2 aromatic heterocycles. The number of para-hydroxylation sites is 3. The summed E-state index contributed by atoms with van der Waals surface area (Å²) in [5.74, 6) is 0.133. The summed E-state index contributed by atoms with van der Waals surface area (Å²) in [6.45, 7) is 2.05. The van der Waals surface area contributed by atoms with E-state index in [9.17, 15) is 4.79 Å². The van der Waals surface area contributed by atoms with E-state index in [1.54, 1.807) is 0 Å². The van der Waals surface area contributed by atoms with Crippen LogP contribution in [0.5, 0.6) is 0 Å². The van der Waals surface area contributed by atoms with Gasteiger partial charge in [0.15, 0.2) is 5.58 Å². The molecule has 142 valence electrons. The fourth-order valence-corrected chi connectivity index (χ4v) is 5.13. The molecule has 0 saturated carbocycles. The number of rotatable bonds is 4. The van der Waals surface area contributed by atoms with Gasteiger partial charge < -0.3 is 4.42 Å². The van der Waals surface area contributed by atoms with Crippen molar-refractivity contribution < 1.29 is 9.21 Å². The summed E-state index contributed by atoms with van der Waals surface area (Å²) in [4.78, 5) is 18.2. The molecule has 1 unspecified atom stereocenters. The van der Waals surface area contributed by atoms with Gasteiger partial charge in [0.2, 0.25) is 5.91 Å². The third-order valence-electron chi connectivity index (χ3n) is 5.56. The summed E-state index contributed by atoms with van der Waals surface area (Å²) in [6.07, 6.45) is 5.10. The van der Waals surface area contributed by atoms with Crippen LogP contribution in [-0.4, -0.2) is 20.7 Å². The third-order valence-corrected chi connectivity index (χ3v) is 6.76. The molecule has 4 nitrogen and oxygen atoms in total. The number of aryl methyl sites for hydroxylation is 1. The lowest BCUT2D eigenvalue weighted by Gasteiger charge is -2.18. The Morgan fingerprint density at radius 3 is 2.79 bits per heavy atom. The fraction of sp³-hybridized carbons (Fsp3) is 0.304. The number of hydrogen-bond donors (Lipinski definition) is 0. The molecular formula is C23H22N2O2S. The van der Waals surface area contributed by atoms with Gasteiger partial charge in [0.1, 0.15) is 5.52 Å². The number of nitrogens with zero attached hydrogens (tertiary/aromatic N) is 2. The second-order valence-electron chi connectivity index (χ2n) is 7.29. The minimum Gasteiger partial charge on any atom is -0.431 e. The number of oxazole rings is 1. The van der Waals surface area contributed by atoms with Crippen LogP contribution in [0.1, 0.15) is 42.2 Å². The Hall–Kier alpha value is -2.53. The second-order valence-corrected chi connectivity index (χ2v) is 8.44. The van der Waals surface area contributed by atoms with Crippen molar-refractivity contribution in [3.05, 3.63) is 59.8 Å². The van der Waals surface area contributed by atoms with Crippen LogP contribution >= 0.6 is 11.8 Å². The minimum absolute atomic E-state index is 0.133. The fourth-order valence-electron chi connectivity index (χ4n) is 4.22. The maximum absolute atomic E-state index is 13.6. The highest BCUT2D eigenvalue weighted by atomic mass is 32.2. The van der Waals surface area contributed by atoms with E-state index in [2.05, 4.69) is 30.1 Å². The molecular weight excluding hydrogens is 368 g/mol. The van der Waals surface area contributed by atoms with Gasteiger partial charge in [0.05, 0.1) is 10.8 Å². The smallest absolute Gasteiger partial charge is 0.257 e. The predicted molar refractivity (Wildman–Crippen MR) is 113 cm³/mol. The van der Waals surface area contributed by atoms with Crippen LogP contribution in [0, 0.1) is 0 Å². The highest BCUT2D eigenvalue weighted by molar-refractivity contribution is 8.00. The summed E-state index contributed by atoms with van der Waals surface area (Å²) in [6, 6.07) is 16.0. The van der Waals surface area contributed by atoms with E-state index in [1.807, 2.05) is 34.9 Å². The van der Waals surface area contributed by atoms with E-state index >= 15 is 0 Å². The van der Waals surface area contributed by atoms with Gasteiger partial charge >= 0.3 is 0 Å². The SMILES string of the molecule is CCC(Sc1nc2ccccc2o1)C(=O)n1c2c(c3ccccc31)CCCC2. The van der Waals surface area contributed by atoms with Crippen LogP contribution in [0.15, 0.2) is 58.2 Å². The second kappa shape index (κ2) is 7.13. The molecule has 0 N–H and O–H groups in total. The number of carbonyl (C=O) groups excluding carboxylic acids is 1. The molecule has 0 spiro atoms. The Morgan fingerprint density at radius 1 is 1.14 bits per heavy atom. The number of aromatic nitrogens is 2. The van der Waals surface area contributed by atoms with Crippen molar-refractivity contribution in [2.24, 2.45) is 0 Å². The molecule has 28 heavy (non-hydrogen) atoms. The first kappa shape index (κ1) is 17.6. The van der Waals surface area contributed by atoms with Crippen molar-refractivity contribution in [3.8, 4) is 0 Å². The zero-order valence-electron chi connectivity index (χ0n) is 15.9. The molecule has 1 aliphatic rings. The summed E-state index contributed by atoms with van der Waals surface area (Å²) in [5, 5.41) is 1.56. The molecule has 0 bridgehead atoms. The average Bonchev–Trinajstić information content (AvgIpc) is 3.30. The lowest BCUT2D eigenvalue weighted by Crippen LogP contribution is -2.26. The molecule has 0 amide bonds. The molecule has 4 aromatic rings. The molecule has 0 radical (unpaired) electrons. The number of thioether (sulfide) groups is 1. The van der Waals surface area contributed by atoms with E-state index in [0.717, 1.165) is 42.3 Å². The lowest BCUT2D eigenvalue weighted by molar-refractivity contribution is 0.0910. The first-order valence-electron chi connectivity index (χ1n) is 9.94. The highest BCUT2D eigenvalue weighted by Gasteiger charge is 2.28. The van der Waals surface area contributed by atoms with Crippen molar-refractivity contribution in [2.75, 3.05) is 0 Å². The largest absolute Gasteiger partial charge is 0.431 e. The Bertz CT molecular complexity index is 1140. The maximum Gasteiger partial charge on any atom is 0.257 e. The Morgan fingerprint density at radius 2 is 1.93 bits per heavy atom. The van der Waals surface area contributed by atoms with E-state index in [1.165, 1.54) is 34.8 Å². The van der Waals surface area contributed by atoms with Crippen molar-refractivity contribution in [1.29, 1.82) is 0 Å². The van der Waals surface area contributed by atoms with E-state index in [0.29, 0.717) is 5.22 Å². The monoisotopic (exact) mass is 390 g/mol. The Balaban J connectivity index is 1.54. The van der Waals surface area contributed by atoms with Gasteiger partial charge in [-0.25, -0.2) is 4.98 Å². The number of carbonyl (C=O) groups is 1. The van der Waals surface area contributed by atoms with E-state index in [-0.39, 0.29) is 11.2 Å². The maximum atomic E-state index is 13.6. The van der Waals surface area contributed by atoms with Gasteiger partial charge in [-0.2, -0.15) is 0 Å². The van der Waals surface area contributed by atoms with Gasteiger partial charge in [-0.15, -0.1) is 0 Å². The third kappa shape index (κ3) is 2.85. The summed E-state index contributed by atoms with van der Waals surface area (Å²) in [7, 11) is 0. The van der Waals surface area contributed by atoms with E-state index in [4.69, 9.17) is 4.42 Å². The van der Waals surface area contributed by atoms with Crippen LogP contribution in [0.4, 0.5) is 0 Å². The normalized spacial score (nSPS) is 15.0. The highest BCUT2D eigenvalue weighted by Crippen LogP contribution is 2.35. The van der Waals surface area contributed by atoms with Gasteiger partial charge in [0, 0.05) is 11.1 Å². The molecule has 5 rings (SSSR count). The molecule has 0 aliphatic heterocycles. The Labute approximate surface area is 167 Å². The summed E-state index contributed by atoms with van der Waals surface area (Å²) < 4.78 is 7.84. The quantitative estimate of drug-likeness (QED) is 0.409. The van der Waals surface area contributed by atoms with Gasteiger partial charge in [-0.1, -0.05) is 49.0 Å². The van der Waals surface area contributed by atoms with Gasteiger partial charge in [-0.3, -0.25) is 9.36 Å².